The second-order valence-electron chi connectivity index (χ2n) is 3.32. The van der Waals surface area contributed by atoms with Crippen LogP contribution in [0.3, 0.4) is 0 Å². The highest BCUT2D eigenvalue weighted by atomic mass is 32.2. The topological polar surface area (TPSA) is 29.3 Å². The average molecular weight is 190 g/mol. The second kappa shape index (κ2) is 5.84. The van der Waals surface area contributed by atoms with E-state index in [4.69, 9.17) is 5.73 Å². The first-order valence-electron chi connectivity index (χ1n) is 4.59. The molecular weight excluding hydrogens is 168 g/mol. The van der Waals surface area contributed by atoms with Crippen LogP contribution in [0, 0.1) is 0 Å². The van der Waals surface area contributed by atoms with E-state index in [1.807, 2.05) is 11.8 Å². The minimum atomic E-state index is 0.245. The smallest absolute Gasteiger partial charge is 0.0529 e. The molecule has 3 heteroatoms. The maximum Gasteiger partial charge on any atom is 0.0529 e. The molecule has 0 aliphatic heterocycles. The van der Waals surface area contributed by atoms with E-state index in [-0.39, 0.29) is 6.04 Å². The molecule has 0 aromatic heterocycles. The molecule has 0 spiro atoms. The third-order valence-corrected chi connectivity index (χ3v) is 3.53. The van der Waals surface area contributed by atoms with Crippen molar-refractivity contribution >= 4 is 11.8 Å². The van der Waals surface area contributed by atoms with Crippen LogP contribution in [-0.2, 0) is 0 Å². The van der Waals surface area contributed by atoms with Gasteiger partial charge in [0.25, 0.3) is 0 Å². The van der Waals surface area contributed by atoms with E-state index >= 15 is 0 Å². The van der Waals surface area contributed by atoms with Gasteiger partial charge in [0.05, 0.1) is 5.37 Å². The standard InChI is InChI=1S/C9H22N2S/c1-6-12-9(4)11(5)8(3)7(2)10/h7-9H,6,10H2,1-5H3/t7?,8?,9-/m0/s1. The minimum Gasteiger partial charge on any atom is -0.327 e. The number of likely N-dealkylation sites (N-methyl/N-ethyl adjacent to an activating group) is 1. The van der Waals surface area contributed by atoms with Gasteiger partial charge >= 0.3 is 0 Å². The van der Waals surface area contributed by atoms with Crippen molar-refractivity contribution in [2.45, 2.75) is 45.2 Å². The molecule has 0 bridgehead atoms. The van der Waals surface area contributed by atoms with Gasteiger partial charge < -0.3 is 5.73 Å². The van der Waals surface area contributed by atoms with Crippen LogP contribution in [0.2, 0.25) is 0 Å². The van der Waals surface area contributed by atoms with Gasteiger partial charge in [0.2, 0.25) is 0 Å². The molecule has 2 N–H and O–H groups in total. The Hall–Kier alpha value is 0.270. The monoisotopic (exact) mass is 190 g/mol. The van der Waals surface area contributed by atoms with Gasteiger partial charge in [-0.25, -0.2) is 0 Å². The quantitative estimate of drug-likeness (QED) is 0.670. The largest absolute Gasteiger partial charge is 0.327 e. The van der Waals surface area contributed by atoms with Crippen molar-refractivity contribution in [1.82, 2.24) is 4.90 Å². The summed E-state index contributed by atoms with van der Waals surface area (Å²) >= 11 is 1.96. The van der Waals surface area contributed by atoms with Crippen molar-refractivity contribution in [1.29, 1.82) is 0 Å². The molecule has 0 aromatic rings. The van der Waals surface area contributed by atoms with E-state index in [0.717, 1.165) is 5.75 Å². The zero-order valence-corrected chi connectivity index (χ0v) is 9.69. The van der Waals surface area contributed by atoms with Gasteiger partial charge in [0.15, 0.2) is 0 Å². The number of thioether (sulfide) groups is 1. The Morgan fingerprint density at radius 1 is 1.33 bits per heavy atom. The molecule has 0 amide bonds. The van der Waals surface area contributed by atoms with Crippen LogP contribution in [0.5, 0.6) is 0 Å². The number of hydrogen-bond acceptors (Lipinski definition) is 3. The Labute approximate surface area is 80.9 Å². The predicted octanol–water partition coefficient (Wildman–Crippen LogP) is 1.75. The fourth-order valence-electron chi connectivity index (χ4n) is 1.06. The molecule has 0 aromatic carbocycles. The van der Waals surface area contributed by atoms with Crippen molar-refractivity contribution in [2.75, 3.05) is 12.8 Å². The summed E-state index contributed by atoms with van der Waals surface area (Å²) in [7, 11) is 2.14. The van der Waals surface area contributed by atoms with Gasteiger partial charge in [-0.1, -0.05) is 6.92 Å². The zero-order chi connectivity index (χ0) is 9.72. The van der Waals surface area contributed by atoms with Crippen LogP contribution in [0.15, 0.2) is 0 Å². The van der Waals surface area contributed by atoms with Crippen LogP contribution in [0.1, 0.15) is 27.7 Å². The number of hydrogen-bond donors (Lipinski definition) is 1. The summed E-state index contributed by atoms with van der Waals surface area (Å²) in [5.74, 6) is 1.16. The molecule has 0 radical (unpaired) electrons. The van der Waals surface area contributed by atoms with Gasteiger partial charge in [-0.3, -0.25) is 4.90 Å². The van der Waals surface area contributed by atoms with Gasteiger partial charge in [-0.2, -0.15) is 0 Å². The Morgan fingerprint density at radius 3 is 2.17 bits per heavy atom. The van der Waals surface area contributed by atoms with E-state index in [2.05, 4.69) is 39.6 Å². The van der Waals surface area contributed by atoms with Gasteiger partial charge in [0.1, 0.15) is 0 Å². The first kappa shape index (κ1) is 12.3. The molecule has 3 atom stereocenters. The zero-order valence-electron chi connectivity index (χ0n) is 8.87. The highest BCUT2D eigenvalue weighted by molar-refractivity contribution is 7.99. The SMILES string of the molecule is CCS[C@@H](C)N(C)C(C)C(C)N. The summed E-state index contributed by atoms with van der Waals surface area (Å²) in [4.78, 5) is 2.33. The van der Waals surface area contributed by atoms with Crippen LogP contribution in [-0.4, -0.2) is 35.2 Å². The Morgan fingerprint density at radius 2 is 1.83 bits per heavy atom. The molecule has 12 heavy (non-hydrogen) atoms. The summed E-state index contributed by atoms with van der Waals surface area (Å²) in [6.45, 7) is 8.65. The van der Waals surface area contributed by atoms with Crippen molar-refractivity contribution in [3.05, 3.63) is 0 Å². The normalized spacial score (nSPS) is 19.2. The fraction of sp³-hybridized carbons (Fsp3) is 1.00. The lowest BCUT2D eigenvalue weighted by Crippen LogP contribution is -2.45. The van der Waals surface area contributed by atoms with Crippen LogP contribution in [0.25, 0.3) is 0 Å². The molecule has 0 heterocycles. The highest BCUT2D eigenvalue weighted by Gasteiger charge is 2.17. The molecule has 0 saturated carbocycles. The van der Waals surface area contributed by atoms with Crippen molar-refractivity contribution in [3.8, 4) is 0 Å². The van der Waals surface area contributed by atoms with E-state index in [1.54, 1.807) is 0 Å². The molecule has 0 rings (SSSR count). The Bertz CT molecular complexity index is 117. The predicted molar refractivity (Wildman–Crippen MR) is 58.5 cm³/mol. The lowest BCUT2D eigenvalue weighted by atomic mass is 10.1. The van der Waals surface area contributed by atoms with E-state index in [1.165, 1.54) is 0 Å². The van der Waals surface area contributed by atoms with Gasteiger partial charge in [-0.15, -0.1) is 11.8 Å². The third-order valence-electron chi connectivity index (χ3n) is 2.38. The Kier molecular flexibility index (Phi) is 5.97. The van der Waals surface area contributed by atoms with Crippen LogP contribution in [0.4, 0.5) is 0 Å². The minimum absolute atomic E-state index is 0.245. The molecule has 0 aliphatic carbocycles. The van der Waals surface area contributed by atoms with Crippen molar-refractivity contribution in [2.24, 2.45) is 5.73 Å². The lowest BCUT2D eigenvalue weighted by Gasteiger charge is -2.32. The van der Waals surface area contributed by atoms with Crippen molar-refractivity contribution < 1.29 is 0 Å². The summed E-state index contributed by atoms with van der Waals surface area (Å²) in [5, 5.41) is 0.566. The second-order valence-corrected chi connectivity index (χ2v) is 4.91. The van der Waals surface area contributed by atoms with Crippen LogP contribution < -0.4 is 5.73 Å². The number of nitrogens with two attached hydrogens (primary N) is 1. The summed E-state index contributed by atoms with van der Waals surface area (Å²) in [6.07, 6.45) is 0. The molecule has 2 unspecified atom stereocenters. The average Bonchev–Trinajstić information content (AvgIpc) is 2.02. The van der Waals surface area contributed by atoms with E-state index in [9.17, 15) is 0 Å². The van der Waals surface area contributed by atoms with Gasteiger partial charge in [-0.05, 0) is 33.6 Å². The molecule has 2 nitrogen and oxygen atoms in total. The summed E-state index contributed by atoms with van der Waals surface area (Å²) in [6, 6.07) is 0.703. The van der Waals surface area contributed by atoms with Crippen LogP contribution >= 0.6 is 11.8 Å². The molecule has 0 saturated heterocycles. The summed E-state index contributed by atoms with van der Waals surface area (Å²) < 4.78 is 0. The van der Waals surface area contributed by atoms with E-state index < -0.39 is 0 Å². The molecular formula is C9H22N2S. The van der Waals surface area contributed by atoms with Gasteiger partial charge in [0, 0.05) is 12.1 Å². The maximum atomic E-state index is 5.82. The maximum absolute atomic E-state index is 5.82. The third kappa shape index (κ3) is 3.78. The van der Waals surface area contributed by atoms with E-state index in [0.29, 0.717) is 11.4 Å². The highest BCUT2D eigenvalue weighted by Crippen LogP contribution is 2.16. The first-order chi connectivity index (χ1) is 5.50. The fourth-order valence-corrected chi connectivity index (χ4v) is 1.97. The lowest BCUT2D eigenvalue weighted by molar-refractivity contribution is 0.226. The molecule has 0 fully saturated rings. The molecule has 0 aliphatic rings. The Balaban J connectivity index is 3.90. The number of nitrogens with zero attached hydrogens (tertiary/aromatic N) is 1. The molecule has 74 valence electrons. The summed E-state index contributed by atoms with van der Waals surface area (Å²) in [5.41, 5.74) is 5.82. The van der Waals surface area contributed by atoms with Crippen molar-refractivity contribution in [3.63, 3.8) is 0 Å². The number of rotatable bonds is 5. The first-order valence-corrected chi connectivity index (χ1v) is 5.64.